The second-order valence-corrected chi connectivity index (χ2v) is 5.46. The van der Waals surface area contributed by atoms with E-state index in [-0.39, 0.29) is 22.1 Å². The van der Waals surface area contributed by atoms with Gasteiger partial charge in [0.15, 0.2) is 0 Å². The minimum Gasteiger partial charge on any atom is -0.393 e. The van der Waals surface area contributed by atoms with Gasteiger partial charge in [-0.2, -0.15) is 11.8 Å². The van der Waals surface area contributed by atoms with Crippen LogP contribution in [0.1, 0.15) is 25.7 Å². The van der Waals surface area contributed by atoms with Gasteiger partial charge in [0.2, 0.25) is 5.91 Å². The van der Waals surface area contributed by atoms with E-state index < -0.39 is 0 Å². The number of thiocarbonyl (C=S) groups is 1. The lowest BCUT2D eigenvalue weighted by molar-refractivity contribution is -0.120. The van der Waals surface area contributed by atoms with E-state index in [0.717, 1.165) is 6.54 Å². The molecule has 1 saturated carbocycles. The molecule has 0 atom stereocenters. The highest BCUT2D eigenvalue weighted by Gasteiger charge is 2.36. The van der Waals surface area contributed by atoms with Gasteiger partial charge in [0, 0.05) is 11.3 Å². The molecule has 0 unspecified atom stereocenters. The molecule has 0 aromatic carbocycles. The van der Waals surface area contributed by atoms with Crippen molar-refractivity contribution in [2.45, 2.75) is 30.4 Å². The van der Waals surface area contributed by atoms with Crippen molar-refractivity contribution < 1.29 is 4.79 Å². The van der Waals surface area contributed by atoms with Crippen LogP contribution in [-0.2, 0) is 4.79 Å². The topological polar surface area (TPSA) is 55.1 Å². The Labute approximate surface area is 94.2 Å². The molecule has 0 radical (unpaired) electrons. The highest BCUT2D eigenvalue weighted by molar-refractivity contribution is 8.00. The number of nitrogens with two attached hydrogens (primary N) is 1. The molecule has 1 rings (SSSR count). The van der Waals surface area contributed by atoms with Gasteiger partial charge in [0.05, 0.1) is 11.4 Å². The Kier molecular flexibility index (Phi) is 4.19. The Bertz CT molecular complexity index is 233. The molecule has 5 heteroatoms. The monoisotopic (exact) mass is 232 g/mol. The van der Waals surface area contributed by atoms with Crippen LogP contribution in [0.2, 0.25) is 0 Å². The number of thioether (sulfide) groups is 1. The molecule has 1 aliphatic rings. The standard InChI is InChI=1S/C9H16N2OS2/c1-14-9(3-2-4-9)6-11-8(12)5-7(10)13/h2-6H2,1H3,(H2,10,13)(H,11,12). The predicted octanol–water partition coefficient (Wildman–Crippen LogP) is 1.06. The lowest BCUT2D eigenvalue weighted by atomic mass is 9.84. The third kappa shape index (κ3) is 3.13. The van der Waals surface area contributed by atoms with Crippen LogP contribution in [0.3, 0.4) is 0 Å². The first kappa shape index (κ1) is 11.8. The quantitative estimate of drug-likeness (QED) is 0.696. The van der Waals surface area contributed by atoms with Gasteiger partial charge in [-0.25, -0.2) is 0 Å². The number of rotatable bonds is 5. The maximum Gasteiger partial charge on any atom is 0.226 e. The predicted molar refractivity (Wildman–Crippen MR) is 64.5 cm³/mol. The van der Waals surface area contributed by atoms with E-state index in [0.29, 0.717) is 0 Å². The normalized spacial score (nSPS) is 18.4. The number of nitrogens with one attached hydrogen (secondary N) is 1. The Morgan fingerprint density at radius 2 is 2.29 bits per heavy atom. The van der Waals surface area contributed by atoms with Crippen LogP contribution in [0, 0.1) is 0 Å². The summed E-state index contributed by atoms with van der Waals surface area (Å²) in [5.41, 5.74) is 5.28. The number of hydrogen-bond donors (Lipinski definition) is 2. The summed E-state index contributed by atoms with van der Waals surface area (Å²) in [4.78, 5) is 11.5. The van der Waals surface area contributed by atoms with Gasteiger partial charge in [-0.3, -0.25) is 4.79 Å². The summed E-state index contributed by atoms with van der Waals surface area (Å²) < 4.78 is 0.284. The molecule has 0 bridgehead atoms. The summed E-state index contributed by atoms with van der Waals surface area (Å²) in [6.07, 6.45) is 5.92. The molecular weight excluding hydrogens is 216 g/mol. The second-order valence-electron chi connectivity index (χ2n) is 3.66. The van der Waals surface area contributed by atoms with Crippen LogP contribution >= 0.6 is 24.0 Å². The molecule has 3 nitrogen and oxygen atoms in total. The van der Waals surface area contributed by atoms with E-state index in [4.69, 9.17) is 5.73 Å². The van der Waals surface area contributed by atoms with Crippen LogP contribution in [0.25, 0.3) is 0 Å². The Hall–Kier alpha value is -0.290. The molecule has 80 valence electrons. The second kappa shape index (κ2) is 4.98. The van der Waals surface area contributed by atoms with Crippen molar-refractivity contribution >= 4 is 34.9 Å². The van der Waals surface area contributed by atoms with Gasteiger partial charge in [-0.15, -0.1) is 0 Å². The summed E-state index contributed by atoms with van der Waals surface area (Å²) >= 11 is 6.50. The van der Waals surface area contributed by atoms with Crippen LogP contribution in [-0.4, -0.2) is 28.4 Å². The minimum absolute atomic E-state index is 0.0576. The highest BCUT2D eigenvalue weighted by atomic mass is 32.2. The molecule has 1 aliphatic carbocycles. The lowest BCUT2D eigenvalue weighted by Crippen LogP contribution is -2.45. The van der Waals surface area contributed by atoms with E-state index in [1.165, 1.54) is 19.3 Å². The Morgan fingerprint density at radius 1 is 1.64 bits per heavy atom. The van der Waals surface area contributed by atoms with E-state index in [2.05, 4.69) is 23.8 Å². The van der Waals surface area contributed by atoms with Crippen molar-refractivity contribution in [1.82, 2.24) is 5.32 Å². The van der Waals surface area contributed by atoms with E-state index in [1.807, 2.05) is 11.8 Å². The van der Waals surface area contributed by atoms with Crippen LogP contribution in [0.15, 0.2) is 0 Å². The fourth-order valence-corrected chi connectivity index (χ4v) is 2.55. The number of hydrogen-bond acceptors (Lipinski definition) is 3. The van der Waals surface area contributed by atoms with Crippen LogP contribution in [0.5, 0.6) is 0 Å². The smallest absolute Gasteiger partial charge is 0.226 e. The Balaban J connectivity index is 2.25. The van der Waals surface area contributed by atoms with Crippen molar-refractivity contribution in [3.63, 3.8) is 0 Å². The van der Waals surface area contributed by atoms with Gasteiger partial charge in [0.1, 0.15) is 0 Å². The summed E-state index contributed by atoms with van der Waals surface area (Å²) in [6, 6.07) is 0. The molecule has 3 N–H and O–H groups in total. The third-order valence-corrected chi connectivity index (χ3v) is 4.20. The van der Waals surface area contributed by atoms with Crippen molar-refractivity contribution in [1.29, 1.82) is 0 Å². The summed E-state index contributed by atoms with van der Waals surface area (Å²) in [7, 11) is 0. The average molecular weight is 232 g/mol. The van der Waals surface area contributed by atoms with Crippen LogP contribution in [0.4, 0.5) is 0 Å². The third-order valence-electron chi connectivity index (χ3n) is 2.64. The highest BCUT2D eigenvalue weighted by Crippen LogP contribution is 2.42. The van der Waals surface area contributed by atoms with Crippen molar-refractivity contribution in [3.8, 4) is 0 Å². The summed E-state index contributed by atoms with van der Waals surface area (Å²) in [5, 5.41) is 2.88. The van der Waals surface area contributed by atoms with Crippen molar-refractivity contribution in [2.24, 2.45) is 5.73 Å². The average Bonchev–Trinajstić information content (AvgIpc) is 2.01. The van der Waals surface area contributed by atoms with Gasteiger partial charge in [-0.05, 0) is 19.1 Å². The zero-order chi connectivity index (χ0) is 10.6. The minimum atomic E-state index is -0.0576. The van der Waals surface area contributed by atoms with Crippen molar-refractivity contribution in [3.05, 3.63) is 0 Å². The summed E-state index contributed by atoms with van der Waals surface area (Å²) in [6.45, 7) is 0.746. The van der Waals surface area contributed by atoms with E-state index in [1.54, 1.807) is 0 Å². The first-order valence-corrected chi connectivity index (χ1v) is 6.31. The van der Waals surface area contributed by atoms with Gasteiger partial charge in [-0.1, -0.05) is 18.6 Å². The molecule has 0 aliphatic heterocycles. The molecule has 0 aromatic heterocycles. The largest absolute Gasteiger partial charge is 0.393 e. The van der Waals surface area contributed by atoms with Gasteiger partial charge < -0.3 is 11.1 Å². The molecule has 0 heterocycles. The molecular formula is C9H16N2OS2. The first-order chi connectivity index (χ1) is 6.58. The van der Waals surface area contributed by atoms with Crippen LogP contribution < -0.4 is 11.1 Å². The Morgan fingerprint density at radius 3 is 2.64 bits per heavy atom. The number of amides is 1. The fourth-order valence-electron chi connectivity index (χ4n) is 1.50. The first-order valence-electron chi connectivity index (χ1n) is 4.68. The van der Waals surface area contributed by atoms with E-state index >= 15 is 0 Å². The summed E-state index contributed by atoms with van der Waals surface area (Å²) in [5.74, 6) is -0.0576. The molecule has 0 saturated heterocycles. The molecule has 1 fully saturated rings. The number of carbonyl (C=O) groups excluding carboxylic acids is 1. The maximum atomic E-state index is 11.3. The molecule has 14 heavy (non-hydrogen) atoms. The lowest BCUT2D eigenvalue weighted by Gasteiger charge is -2.40. The number of carbonyl (C=O) groups is 1. The zero-order valence-electron chi connectivity index (χ0n) is 8.34. The molecule has 1 amide bonds. The fraction of sp³-hybridized carbons (Fsp3) is 0.778. The van der Waals surface area contributed by atoms with Crippen molar-refractivity contribution in [2.75, 3.05) is 12.8 Å². The zero-order valence-corrected chi connectivity index (χ0v) is 9.97. The molecule has 0 spiro atoms. The molecule has 0 aromatic rings. The maximum absolute atomic E-state index is 11.3. The van der Waals surface area contributed by atoms with E-state index in [9.17, 15) is 4.79 Å². The van der Waals surface area contributed by atoms with Gasteiger partial charge >= 0.3 is 0 Å². The SMILES string of the molecule is CSC1(CNC(=O)CC(N)=S)CCC1. The van der Waals surface area contributed by atoms with Gasteiger partial charge in [0.25, 0.3) is 0 Å².